The SMILES string of the molecule is COc1ccc(CCl)c(Br)c1I. The summed E-state index contributed by atoms with van der Waals surface area (Å²) in [5, 5.41) is 0. The van der Waals surface area contributed by atoms with Gasteiger partial charge in [0.15, 0.2) is 0 Å². The predicted molar refractivity (Wildman–Crippen MR) is 63.0 cm³/mol. The van der Waals surface area contributed by atoms with Crippen LogP contribution >= 0.6 is 50.1 Å². The van der Waals surface area contributed by atoms with Crippen LogP contribution in [0.1, 0.15) is 5.56 Å². The number of hydrogen-bond acceptors (Lipinski definition) is 1. The van der Waals surface area contributed by atoms with E-state index in [-0.39, 0.29) is 0 Å². The summed E-state index contributed by atoms with van der Waals surface area (Å²) in [4.78, 5) is 0. The highest BCUT2D eigenvalue weighted by Gasteiger charge is 2.07. The summed E-state index contributed by atoms with van der Waals surface area (Å²) in [6, 6.07) is 3.88. The van der Waals surface area contributed by atoms with E-state index in [1.165, 1.54) is 0 Å². The second-order valence-corrected chi connectivity index (χ2v) is 4.33. The van der Waals surface area contributed by atoms with Gasteiger partial charge in [0, 0.05) is 10.4 Å². The highest BCUT2D eigenvalue weighted by molar-refractivity contribution is 14.1. The molecule has 0 radical (unpaired) electrons. The van der Waals surface area contributed by atoms with Gasteiger partial charge in [-0.15, -0.1) is 11.6 Å². The first-order chi connectivity index (χ1) is 5.70. The second kappa shape index (κ2) is 4.67. The summed E-state index contributed by atoms with van der Waals surface area (Å²) in [5.74, 6) is 1.39. The molecule has 0 bridgehead atoms. The van der Waals surface area contributed by atoms with E-state index in [0.717, 1.165) is 19.4 Å². The first kappa shape index (κ1) is 10.6. The van der Waals surface area contributed by atoms with Gasteiger partial charge in [-0.05, 0) is 50.2 Å². The molecule has 0 saturated carbocycles. The van der Waals surface area contributed by atoms with Crippen LogP contribution in [-0.4, -0.2) is 7.11 Å². The molecule has 66 valence electrons. The fraction of sp³-hybridized carbons (Fsp3) is 0.250. The van der Waals surface area contributed by atoms with E-state index < -0.39 is 0 Å². The number of rotatable bonds is 2. The summed E-state index contributed by atoms with van der Waals surface area (Å²) in [6.07, 6.45) is 0. The molecule has 1 aromatic carbocycles. The number of ether oxygens (including phenoxy) is 1. The maximum atomic E-state index is 5.73. The number of hydrogen-bond donors (Lipinski definition) is 0. The van der Waals surface area contributed by atoms with E-state index in [1.54, 1.807) is 7.11 Å². The second-order valence-electron chi connectivity index (χ2n) is 2.19. The van der Waals surface area contributed by atoms with Crippen molar-refractivity contribution in [1.82, 2.24) is 0 Å². The van der Waals surface area contributed by atoms with Gasteiger partial charge in [-0.3, -0.25) is 0 Å². The van der Waals surface area contributed by atoms with Gasteiger partial charge in [-0.25, -0.2) is 0 Å². The Hall–Kier alpha value is 0.520. The highest BCUT2D eigenvalue weighted by atomic mass is 127. The standard InChI is InChI=1S/C8H7BrClIO/c1-12-6-3-2-5(4-10)7(9)8(6)11/h2-3H,4H2,1H3. The minimum Gasteiger partial charge on any atom is -0.496 e. The molecule has 0 aromatic heterocycles. The number of methoxy groups -OCH3 is 1. The monoisotopic (exact) mass is 360 g/mol. The van der Waals surface area contributed by atoms with Gasteiger partial charge in [0.25, 0.3) is 0 Å². The van der Waals surface area contributed by atoms with Crippen LogP contribution in [-0.2, 0) is 5.88 Å². The highest BCUT2D eigenvalue weighted by Crippen LogP contribution is 2.32. The van der Waals surface area contributed by atoms with Crippen molar-refractivity contribution in [2.75, 3.05) is 7.11 Å². The minimum absolute atomic E-state index is 0.514. The van der Waals surface area contributed by atoms with Crippen LogP contribution < -0.4 is 4.74 Å². The fourth-order valence-electron chi connectivity index (χ4n) is 0.833. The molecule has 0 aliphatic rings. The Morgan fingerprint density at radius 3 is 2.75 bits per heavy atom. The van der Waals surface area contributed by atoms with Crippen LogP contribution in [0.4, 0.5) is 0 Å². The lowest BCUT2D eigenvalue weighted by Crippen LogP contribution is -1.90. The lowest BCUT2D eigenvalue weighted by atomic mass is 10.2. The maximum absolute atomic E-state index is 5.73. The number of benzene rings is 1. The Morgan fingerprint density at radius 1 is 1.58 bits per heavy atom. The normalized spacial score (nSPS) is 10.0. The molecular formula is C8H7BrClIO. The molecule has 1 rings (SSSR count). The van der Waals surface area contributed by atoms with Gasteiger partial charge < -0.3 is 4.74 Å². The fourth-order valence-corrected chi connectivity index (χ4v) is 2.43. The van der Waals surface area contributed by atoms with Crippen LogP contribution in [0.2, 0.25) is 0 Å². The zero-order valence-electron chi connectivity index (χ0n) is 6.40. The molecule has 0 heterocycles. The third kappa shape index (κ3) is 2.06. The third-order valence-electron chi connectivity index (χ3n) is 1.49. The van der Waals surface area contributed by atoms with E-state index in [1.807, 2.05) is 12.1 Å². The molecule has 0 atom stereocenters. The molecule has 0 aliphatic heterocycles. The van der Waals surface area contributed by atoms with Crippen molar-refractivity contribution >= 4 is 50.1 Å². The smallest absolute Gasteiger partial charge is 0.133 e. The lowest BCUT2D eigenvalue weighted by molar-refractivity contribution is 0.411. The Morgan fingerprint density at radius 2 is 2.25 bits per heavy atom. The molecule has 0 unspecified atom stereocenters. The predicted octanol–water partition coefficient (Wildman–Crippen LogP) is 3.80. The first-order valence-electron chi connectivity index (χ1n) is 3.27. The van der Waals surface area contributed by atoms with Gasteiger partial charge in [0.1, 0.15) is 5.75 Å². The number of halogens is 3. The van der Waals surface area contributed by atoms with Gasteiger partial charge in [0.2, 0.25) is 0 Å². The zero-order valence-corrected chi connectivity index (χ0v) is 10.9. The molecular weight excluding hydrogens is 354 g/mol. The molecule has 4 heteroatoms. The maximum Gasteiger partial charge on any atom is 0.133 e. The summed E-state index contributed by atoms with van der Waals surface area (Å²) in [5.41, 5.74) is 1.09. The Kier molecular flexibility index (Phi) is 4.13. The molecule has 0 spiro atoms. The molecule has 12 heavy (non-hydrogen) atoms. The average molecular weight is 361 g/mol. The minimum atomic E-state index is 0.514. The Balaban J connectivity index is 3.20. The van der Waals surface area contributed by atoms with E-state index in [9.17, 15) is 0 Å². The van der Waals surface area contributed by atoms with Crippen molar-refractivity contribution < 1.29 is 4.74 Å². The van der Waals surface area contributed by atoms with Gasteiger partial charge in [-0.2, -0.15) is 0 Å². The van der Waals surface area contributed by atoms with E-state index in [4.69, 9.17) is 16.3 Å². The van der Waals surface area contributed by atoms with Crippen LogP contribution in [0.3, 0.4) is 0 Å². The summed E-state index contributed by atoms with van der Waals surface area (Å²) in [6.45, 7) is 0. The quantitative estimate of drug-likeness (QED) is 0.575. The number of alkyl halides is 1. The van der Waals surface area contributed by atoms with Crippen molar-refractivity contribution in [3.63, 3.8) is 0 Å². The first-order valence-corrected chi connectivity index (χ1v) is 5.68. The van der Waals surface area contributed by atoms with Gasteiger partial charge in [0.05, 0.1) is 10.7 Å². The summed E-state index contributed by atoms with van der Waals surface area (Å²) in [7, 11) is 1.66. The Labute approximate surface area is 98.7 Å². The van der Waals surface area contributed by atoms with Crippen LogP contribution in [0.5, 0.6) is 5.75 Å². The largest absolute Gasteiger partial charge is 0.496 e. The summed E-state index contributed by atoms with van der Waals surface area (Å²) >= 11 is 11.4. The van der Waals surface area contributed by atoms with Crippen molar-refractivity contribution in [3.8, 4) is 5.75 Å². The van der Waals surface area contributed by atoms with Crippen molar-refractivity contribution in [2.24, 2.45) is 0 Å². The summed E-state index contributed by atoms with van der Waals surface area (Å²) < 4.78 is 7.23. The zero-order chi connectivity index (χ0) is 9.14. The van der Waals surface area contributed by atoms with E-state index in [2.05, 4.69) is 38.5 Å². The molecule has 0 saturated heterocycles. The average Bonchev–Trinajstić information content (AvgIpc) is 2.10. The van der Waals surface area contributed by atoms with Gasteiger partial charge in [-0.1, -0.05) is 6.07 Å². The van der Waals surface area contributed by atoms with Gasteiger partial charge >= 0.3 is 0 Å². The molecule has 0 aliphatic carbocycles. The molecule has 0 fully saturated rings. The molecule has 0 N–H and O–H groups in total. The van der Waals surface area contributed by atoms with Crippen LogP contribution in [0.25, 0.3) is 0 Å². The molecule has 1 nitrogen and oxygen atoms in total. The third-order valence-corrected chi connectivity index (χ3v) is 4.50. The van der Waals surface area contributed by atoms with Crippen molar-refractivity contribution in [2.45, 2.75) is 5.88 Å². The van der Waals surface area contributed by atoms with E-state index in [0.29, 0.717) is 5.88 Å². The van der Waals surface area contributed by atoms with Crippen molar-refractivity contribution in [3.05, 3.63) is 25.7 Å². The molecule has 0 amide bonds. The Bertz CT molecular complexity index is 262. The van der Waals surface area contributed by atoms with Crippen LogP contribution in [0.15, 0.2) is 16.6 Å². The van der Waals surface area contributed by atoms with Crippen molar-refractivity contribution in [1.29, 1.82) is 0 Å². The lowest BCUT2D eigenvalue weighted by Gasteiger charge is -2.07. The van der Waals surface area contributed by atoms with E-state index >= 15 is 0 Å². The van der Waals surface area contributed by atoms with Crippen LogP contribution in [0, 0.1) is 3.57 Å². The molecule has 1 aromatic rings. The topological polar surface area (TPSA) is 9.23 Å².